The third-order valence-corrected chi connectivity index (χ3v) is 3.36. The Hall–Kier alpha value is -2.17. The van der Waals surface area contributed by atoms with Crippen molar-refractivity contribution in [2.45, 2.75) is 31.7 Å². The van der Waals surface area contributed by atoms with Crippen LogP contribution in [-0.4, -0.2) is 25.8 Å². The van der Waals surface area contributed by atoms with E-state index in [4.69, 9.17) is 5.11 Å². The van der Waals surface area contributed by atoms with Crippen molar-refractivity contribution in [2.24, 2.45) is 0 Å². The summed E-state index contributed by atoms with van der Waals surface area (Å²) in [5.74, 6) is -0.462. The number of pyridine rings is 1. The van der Waals surface area contributed by atoms with Gasteiger partial charge in [-0.05, 0) is 37.0 Å². The molecule has 98 valence electrons. The predicted octanol–water partition coefficient (Wildman–Crippen LogP) is 2.10. The lowest BCUT2D eigenvalue weighted by Gasteiger charge is -2.06. The van der Waals surface area contributed by atoms with Gasteiger partial charge in [-0.1, -0.05) is 6.07 Å². The van der Waals surface area contributed by atoms with Crippen LogP contribution in [-0.2, 0) is 13.0 Å². The average Bonchev–Trinajstić information content (AvgIpc) is 3.17. The molecule has 1 aliphatic carbocycles. The van der Waals surface area contributed by atoms with Crippen LogP contribution in [0.5, 0.6) is 0 Å². The zero-order valence-corrected chi connectivity index (χ0v) is 10.5. The van der Waals surface area contributed by atoms with E-state index in [1.54, 1.807) is 12.3 Å². The molecule has 0 atom stereocenters. The Labute approximate surface area is 110 Å². The molecule has 2 heterocycles. The molecule has 0 aliphatic heterocycles. The molecule has 0 spiro atoms. The van der Waals surface area contributed by atoms with E-state index in [9.17, 15) is 4.79 Å². The first-order valence-electron chi connectivity index (χ1n) is 6.44. The molecule has 0 unspecified atom stereocenters. The van der Waals surface area contributed by atoms with Crippen LogP contribution in [0.1, 0.15) is 40.5 Å². The molecule has 0 amide bonds. The molecule has 1 fully saturated rings. The minimum Gasteiger partial charge on any atom is -0.476 e. The number of carboxylic acids is 1. The predicted molar refractivity (Wildman–Crippen MR) is 69.1 cm³/mol. The quantitative estimate of drug-likeness (QED) is 0.890. The Bertz CT molecular complexity index is 588. The number of nitrogens with zero attached hydrogens (tertiary/aromatic N) is 3. The van der Waals surface area contributed by atoms with E-state index < -0.39 is 5.97 Å². The van der Waals surface area contributed by atoms with Gasteiger partial charge < -0.3 is 5.11 Å². The van der Waals surface area contributed by atoms with Crippen LogP contribution in [0.2, 0.25) is 0 Å². The van der Waals surface area contributed by atoms with Crippen LogP contribution >= 0.6 is 0 Å². The minimum absolute atomic E-state index is 0.146. The molecule has 5 nitrogen and oxygen atoms in total. The molecule has 2 aromatic heterocycles. The summed E-state index contributed by atoms with van der Waals surface area (Å²) in [6.45, 7) is 0.699. The van der Waals surface area contributed by atoms with Crippen molar-refractivity contribution < 1.29 is 9.90 Å². The van der Waals surface area contributed by atoms with Crippen LogP contribution in [0, 0.1) is 0 Å². The molecule has 5 heteroatoms. The highest BCUT2D eigenvalue weighted by Gasteiger charge is 2.29. The Balaban J connectivity index is 1.77. The van der Waals surface area contributed by atoms with Gasteiger partial charge in [0.15, 0.2) is 5.69 Å². The molecule has 0 bridgehead atoms. The molecule has 1 saturated carbocycles. The van der Waals surface area contributed by atoms with Gasteiger partial charge in [0.25, 0.3) is 0 Å². The molecule has 1 aliphatic rings. The Morgan fingerprint density at radius 1 is 1.47 bits per heavy atom. The van der Waals surface area contributed by atoms with Gasteiger partial charge in [0.2, 0.25) is 0 Å². The van der Waals surface area contributed by atoms with Crippen LogP contribution in [0.25, 0.3) is 0 Å². The summed E-state index contributed by atoms with van der Waals surface area (Å²) in [6.07, 6.45) is 6.66. The van der Waals surface area contributed by atoms with Gasteiger partial charge in [-0.15, -0.1) is 0 Å². The lowest BCUT2D eigenvalue weighted by atomic mass is 10.2. The number of aromatic nitrogens is 3. The molecular formula is C14H15N3O2. The zero-order chi connectivity index (χ0) is 13.2. The van der Waals surface area contributed by atoms with Crippen molar-refractivity contribution in [1.82, 2.24) is 14.8 Å². The number of hydrogen-bond donors (Lipinski definition) is 1. The topological polar surface area (TPSA) is 68.0 Å². The van der Waals surface area contributed by atoms with Crippen molar-refractivity contribution >= 4 is 5.97 Å². The maximum absolute atomic E-state index is 11.0. The van der Waals surface area contributed by atoms with E-state index in [2.05, 4.69) is 10.1 Å². The fourth-order valence-corrected chi connectivity index (χ4v) is 2.20. The first kappa shape index (κ1) is 11.9. The van der Waals surface area contributed by atoms with Crippen molar-refractivity contribution in [3.05, 3.63) is 47.5 Å². The van der Waals surface area contributed by atoms with Crippen LogP contribution < -0.4 is 0 Å². The highest BCUT2D eigenvalue weighted by molar-refractivity contribution is 5.85. The van der Waals surface area contributed by atoms with Gasteiger partial charge in [-0.3, -0.25) is 9.67 Å². The third kappa shape index (κ3) is 2.65. The maximum atomic E-state index is 11.0. The highest BCUT2D eigenvalue weighted by atomic mass is 16.4. The fraction of sp³-hybridized carbons (Fsp3) is 0.357. The summed E-state index contributed by atoms with van der Waals surface area (Å²) >= 11 is 0. The largest absolute Gasteiger partial charge is 0.476 e. The van der Waals surface area contributed by atoms with E-state index in [0.717, 1.165) is 30.5 Å². The van der Waals surface area contributed by atoms with Crippen LogP contribution in [0.15, 0.2) is 30.6 Å². The first-order valence-corrected chi connectivity index (χ1v) is 6.44. The fourth-order valence-electron chi connectivity index (χ4n) is 2.20. The second-order valence-corrected chi connectivity index (χ2v) is 4.87. The summed E-state index contributed by atoms with van der Waals surface area (Å²) in [4.78, 5) is 15.1. The molecule has 3 rings (SSSR count). The Kier molecular flexibility index (Phi) is 3.03. The number of rotatable bonds is 5. The van der Waals surface area contributed by atoms with E-state index in [-0.39, 0.29) is 5.69 Å². The SMILES string of the molecule is O=C(O)c1cc(C2CC2)n(CCc2cccnc2)n1. The van der Waals surface area contributed by atoms with E-state index >= 15 is 0 Å². The summed E-state index contributed by atoms with van der Waals surface area (Å²) in [5, 5.41) is 13.2. The summed E-state index contributed by atoms with van der Waals surface area (Å²) in [6, 6.07) is 5.64. The number of carboxylic acid groups (broad SMARTS) is 1. The number of carbonyl (C=O) groups is 1. The zero-order valence-electron chi connectivity index (χ0n) is 10.5. The lowest BCUT2D eigenvalue weighted by Crippen LogP contribution is -2.08. The smallest absolute Gasteiger partial charge is 0.356 e. The van der Waals surface area contributed by atoms with Crippen molar-refractivity contribution in [2.75, 3.05) is 0 Å². The van der Waals surface area contributed by atoms with Gasteiger partial charge in [-0.2, -0.15) is 5.10 Å². The second kappa shape index (κ2) is 4.84. The molecule has 0 radical (unpaired) electrons. The summed E-state index contributed by atoms with van der Waals surface area (Å²) in [7, 11) is 0. The highest BCUT2D eigenvalue weighted by Crippen LogP contribution is 2.40. The van der Waals surface area contributed by atoms with E-state index in [1.165, 1.54) is 0 Å². The van der Waals surface area contributed by atoms with Gasteiger partial charge in [0.1, 0.15) is 0 Å². The van der Waals surface area contributed by atoms with E-state index in [1.807, 2.05) is 23.0 Å². The number of hydrogen-bond acceptors (Lipinski definition) is 3. The summed E-state index contributed by atoms with van der Waals surface area (Å²) in [5.41, 5.74) is 2.34. The van der Waals surface area contributed by atoms with Crippen LogP contribution in [0.4, 0.5) is 0 Å². The summed E-state index contributed by atoms with van der Waals surface area (Å²) < 4.78 is 1.84. The maximum Gasteiger partial charge on any atom is 0.356 e. The molecule has 19 heavy (non-hydrogen) atoms. The Morgan fingerprint density at radius 2 is 2.32 bits per heavy atom. The molecule has 2 aromatic rings. The van der Waals surface area contributed by atoms with Gasteiger partial charge in [-0.25, -0.2) is 4.79 Å². The molecule has 0 aromatic carbocycles. The first-order chi connectivity index (χ1) is 9.24. The normalized spacial score (nSPS) is 14.5. The molecular weight excluding hydrogens is 242 g/mol. The molecule has 0 saturated heterocycles. The molecule has 1 N–H and O–H groups in total. The van der Waals surface area contributed by atoms with Gasteiger partial charge in [0.05, 0.1) is 0 Å². The standard InChI is InChI=1S/C14H15N3O2/c18-14(19)12-8-13(11-3-4-11)17(16-12)7-5-10-2-1-6-15-9-10/h1-2,6,8-9,11H,3-5,7H2,(H,18,19). The third-order valence-electron chi connectivity index (χ3n) is 3.36. The second-order valence-electron chi connectivity index (χ2n) is 4.87. The van der Waals surface area contributed by atoms with E-state index in [0.29, 0.717) is 12.5 Å². The minimum atomic E-state index is -0.956. The van der Waals surface area contributed by atoms with Crippen molar-refractivity contribution in [1.29, 1.82) is 0 Å². The number of aryl methyl sites for hydroxylation is 2. The van der Waals surface area contributed by atoms with Gasteiger partial charge >= 0.3 is 5.97 Å². The van der Waals surface area contributed by atoms with Crippen LogP contribution in [0.3, 0.4) is 0 Å². The lowest BCUT2D eigenvalue weighted by molar-refractivity contribution is 0.0689. The average molecular weight is 257 g/mol. The van der Waals surface area contributed by atoms with Crippen molar-refractivity contribution in [3.8, 4) is 0 Å². The van der Waals surface area contributed by atoms with Crippen molar-refractivity contribution in [3.63, 3.8) is 0 Å². The van der Waals surface area contributed by atoms with Gasteiger partial charge in [0, 0.05) is 30.6 Å². The monoisotopic (exact) mass is 257 g/mol. The Morgan fingerprint density at radius 3 is 2.95 bits per heavy atom. The number of aromatic carboxylic acids is 1.